The summed E-state index contributed by atoms with van der Waals surface area (Å²) in [5.41, 5.74) is 14.4. The first-order chi connectivity index (χ1) is 8.83. The van der Waals surface area contributed by atoms with Gasteiger partial charge in [-0.2, -0.15) is 0 Å². The van der Waals surface area contributed by atoms with Gasteiger partial charge in [0.15, 0.2) is 0 Å². The van der Waals surface area contributed by atoms with E-state index in [4.69, 9.17) is 20.7 Å². The topological polar surface area (TPSA) is 93.2 Å². The lowest BCUT2D eigenvalue weighted by Crippen LogP contribution is -2.04. The van der Waals surface area contributed by atoms with Gasteiger partial charge in [0.2, 0.25) is 0 Å². The van der Waals surface area contributed by atoms with E-state index in [1.165, 1.54) is 0 Å². The van der Waals surface area contributed by atoms with Crippen LogP contribution in [0.5, 0.6) is 5.75 Å². The molecule has 106 valence electrons. The third-order valence-corrected chi connectivity index (χ3v) is 2.17. The number of nitrogens with zero attached hydrogens (tertiary/aromatic N) is 3. The molecule has 1 aromatic carbocycles. The van der Waals surface area contributed by atoms with Crippen LogP contribution in [0, 0.1) is 0 Å². The molecule has 0 saturated carbocycles. The molecule has 0 aromatic heterocycles. The Labute approximate surface area is 118 Å². The summed E-state index contributed by atoms with van der Waals surface area (Å²) in [5.74, 6) is 0.776. The molecule has 6 nitrogen and oxygen atoms in total. The summed E-state index contributed by atoms with van der Waals surface area (Å²) in [7, 11) is 0. The van der Waals surface area contributed by atoms with Crippen molar-refractivity contribution < 1.29 is 9.47 Å². The minimum absolute atomic E-state index is 0. The van der Waals surface area contributed by atoms with E-state index in [1.54, 1.807) is 6.07 Å². The van der Waals surface area contributed by atoms with Crippen molar-refractivity contribution in [1.29, 1.82) is 0 Å². The van der Waals surface area contributed by atoms with Crippen LogP contribution in [0.3, 0.4) is 0 Å². The van der Waals surface area contributed by atoms with Crippen LogP contribution < -0.4 is 10.5 Å². The lowest BCUT2D eigenvalue weighted by Gasteiger charge is -2.07. The van der Waals surface area contributed by atoms with Crippen LogP contribution in [-0.4, -0.2) is 26.4 Å². The van der Waals surface area contributed by atoms with Crippen LogP contribution in [0.15, 0.2) is 29.4 Å². The Bertz CT molecular complexity index is 397. The smallest absolute Gasteiger partial charge is 0.121 e. The number of nitrogens with two attached hydrogens (primary N) is 1. The van der Waals surface area contributed by atoms with Crippen molar-refractivity contribution in [2.45, 2.75) is 12.8 Å². The van der Waals surface area contributed by atoms with E-state index in [-0.39, 0.29) is 12.4 Å². The molecule has 0 heterocycles. The summed E-state index contributed by atoms with van der Waals surface area (Å²) in [4.78, 5) is 2.66. The van der Waals surface area contributed by atoms with Gasteiger partial charge in [0.25, 0.3) is 0 Å². The fraction of sp³-hybridized carbons (Fsp3) is 0.500. The number of anilines is 1. The van der Waals surface area contributed by atoms with Crippen molar-refractivity contribution in [2.24, 2.45) is 5.11 Å². The molecule has 19 heavy (non-hydrogen) atoms. The van der Waals surface area contributed by atoms with Crippen LogP contribution in [0.25, 0.3) is 10.4 Å². The van der Waals surface area contributed by atoms with Crippen molar-refractivity contribution >= 4 is 18.1 Å². The fourth-order valence-corrected chi connectivity index (χ4v) is 1.34. The zero-order chi connectivity index (χ0) is 13.1. The molecule has 0 aliphatic rings. The highest BCUT2D eigenvalue weighted by atomic mass is 35.5. The predicted octanol–water partition coefficient (Wildman–Crippen LogP) is 3.18. The first kappa shape index (κ1) is 17.4. The highest BCUT2D eigenvalue weighted by Crippen LogP contribution is 2.14. The average Bonchev–Trinajstić information content (AvgIpc) is 2.37. The molecule has 0 aliphatic carbocycles. The lowest BCUT2D eigenvalue weighted by atomic mass is 10.3. The number of hydrogen-bond donors (Lipinski definition) is 1. The molecule has 1 aromatic rings. The third kappa shape index (κ3) is 9.02. The predicted molar refractivity (Wildman–Crippen MR) is 77.7 cm³/mol. The number of azide groups is 1. The van der Waals surface area contributed by atoms with Gasteiger partial charge in [-0.05, 0) is 24.1 Å². The second-order valence-corrected chi connectivity index (χ2v) is 3.69. The van der Waals surface area contributed by atoms with Gasteiger partial charge in [0.1, 0.15) is 5.75 Å². The highest BCUT2D eigenvalue weighted by Gasteiger charge is 1.94. The summed E-state index contributed by atoms with van der Waals surface area (Å²) >= 11 is 0. The number of halogens is 1. The van der Waals surface area contributed by atoms with E-state index in [9.17, 15) is 0 Å². The molecule has 0 fully saturated rings. The zero-order valence-electron chi connectivity index (χ0n) is 10.7. The van der Waals surface area contributed by atoms with Crippen molar-refractivity contribution in [3.8, 4) is 5.75 Å². The number of rotatable bonds is 9. The van der Waals surface area contributed by atoms with Gasteiger partial charge in [-0.1, -0.05) is 11.2 Å². The Balaban J connectivity index is 0.00000324. The second kappa shape index (κ2) is 11.5. The maximum Gasteiger partial charge on any atom is 0.121 e. The molecule has 0 saturated heterocycles. The molecule has 0 radical (unpaired) electrons. The van der Waals surface area contributed by atoms with E-state index >= 15 is 0 Å². The lowest BCUT2D eigenvalue weighted by molar-refractivity contribution is 0.118. The maximum atomic E-state index is 8.06. The largest absolute Gasteiger partial charge is 0.493 e. The Morgan fingerprint density at radius 1 is 1.21 bits per heavy atom. The normalized spacial score (nSPS) is 9.26. The van der Waals surface area contributed by atoms with E-state index < -0.39 is 0 Å². The Morgan fingerprint density at radius 2 is 2.00 bits per heavy atom. The molecule has 1 rings (SSSR count). The van der Waals surface area contributed by atoms with Gasteiger partial charge >= 0.3 is 0 Å². The van der Waals surface area contributed by atoms with Crippen LogP contribution in [0.2, 0.25) is 0 Å². The molecule has 0 spiro atoms. The van der Waals surface area contributed by atoms with Crippen LogP contribution in [0.1, 0.15) is 12.8 Å². The van der Waals surface area contributed by atoms with Gasteiger partial charge in [-0.15, -0.1) is 12.4 Å². The third-order valence-electron chi connectivity index (χ3n) is 2.17. The molecule has 2 N–H and O–H groups in total. The zero-order valence-corrected chi connectivity index (χ0v) is 11.5. The maximum absolute atomic E-state index is 8.06. The van der Waals surface area contributed by atoms with E-state index in [0.717, 1.165) is 18.6 Å². The Hall–Kier alpha value is -1.62. The summed E-state index contributed by atoms with van der Waals surface area (Å²) in [6, 6.07) is 7.34. The van der Waals surface area contributed by atoms with Gasteiger partial charge < -0.3 is 15.2 Å². The summed E-state index contributed by atoms with van der Waals surface area (Å²) in [6.45, 7) is 2.33. The molecule has 0 atom stereocenters. The van der Waals surface area contributed by atoms with Crippen LogP contribution in [0.4, 0.5) is 5.69 Å². The fourth-order valence-electron chi connectivity index (χ4n) is 1.34. The van der Waals surface area contributed by atoms with Crippen molar-refractivity contribution in [3.05, 3.63) is 34.7 Å². The van der Waals surface area contributed by atoms with Crippen LogP contribution in [-0.2, 0) is 4.74 Å². The molecular weight excluding hydrogens is 268 g/mol. The number of benzene rings is 1. The van der Waals surface area contributed by atoms with Gasteiger partial charge in [0, 0.05) is 42.8 Å². The monoisotopic (exact) mass is 286 g/mol. The molecule has 0 aliphatic heterocycles. The molecule has 0 bridgehead atoms. The van der Waals surface area contributed by atoms with E-state index in [2.05, 4.69) is 10.0 Å². The van der Waals surface area contributed by atoms with Gasteiger partial charge in [0.05, 0.1) is 6.61 Å². The second-order valence-electron chi connectivity index (χ2n) is 3.69. The Kier molecular flexibility index (Phi) is 10.5. The summed E-state index contributed by atoms with van der Waals surface area (Å²) in [6.07, 6.45) is 1.57. The SMILES string of the molecule is Cl.[N-]=[N+]=NCCCOCCCOc1cccc(N)c1. The van der Waals surface area contributed by atoms with Crippen molar-refractivity contribution in [2.75, 3.05) is 32.1 Å². The molecule has 7 heteroatoms. The van der Waals surface area contributed by atoms with Gasteiger partial charge in [-0.3, -0.25) is 0 Å². The summed E-state index contributed by atoms with van der Waals surface area (Å²) in [5, 5.41) is 3.42. The van der Waals surface area contributed by atoms with Crippen molar-refractivity contribution in [3.63, 3.8) is 0 Å². The van der Waals surface area contributed by atoms with E-state index in [0.29, 0.717) is 32.1 Å². The Morgan fingerprint density at radius 3 is 2.74 bits per heavy atom. The highest BCUT2D eigenvalue weighted by molar-refractivity contribution is 5.85. The standard InChI is InChI=1S/C12H18N4O2.ClH/c13-11-4-1-5-12(10-11)18-9-3-8-17-7-2-6-15-16-14;/h1,4-5,10H,2-3,6-9,13H2;1H. The van der Waals surface area contributed by atoms with Crippen molar-refractivity contribution in [1.82, 2.24) is 0 Å². The number of nitrogen functional groups attached to an aromatic ring is 1. The van der Waals surface area contributed by atoms with Crippen LogP contribution >= 0.6 is 12.4 Å². The minimum atomic E-state index is 0. The van der Waals surface area contributed by atoms with E-state index in [1.807, 2.05) is 18.2 Å². The molecular formula is C12H19ClN4O2. The molecule has 0 amide bonds. The quantitative estimate of drug-likeness (QED) is 0.248. The molecule has 0 unspecified atom stereocenters. The van der Waals surface area contributed by atoms with Gasteiger partial charge in [-0.25, -0.2) is 0 Å². The number of hydrogen-bond acceptors (Lipinski definition) is 4. The minimum Gasteiger partial charge on any atom is -0.493 e. The first-order valence-electron chi connectivity index (χ1n) is 5.90. The number of ether oxygens (including phenoxy) is 2. The average molecular weight is 287 g/mol. The first-order valence-corrected chi connectivity index (χ1v) is 5.90. The summed E-state index contributed by atoms with van der Waals surface area (Å²) < 4.78 is 10.9.